The van der Waals surface area contributed by atoms with Gasteiger partial charge in [0.25, 0.3) is 5.91 Å². The number of benzene rings is 1. The average Bonchev–Trinajstić information content (AvgIpc) is 2.39. The highest BCUT2D eigenvalue weighted by molar-refractivity contribution is 7.80. The molecule has 4 nitrogen and oxygen atoms in total. The van der Waals surface area contributed by atoms with E-state index in [4.69, 9.17) is 22.7 Å². The molecule has 0 heterocycles. The Balaban J connectivity index is 2.71. The van der Waals surface area contributed by atoms with E-state index in [2.05, 4.69) is 5.32 Å². The van der Waals surface area contributed by atoms with Gasteiger partial charge < -0.3 is 15.8 Å². The Bertz CT molecular complexity index is 423. The van der Waals surface area contributed by atoms with Gasteiger partial charge in [0.2, 0.25) is 0 Å². The number of methoxy groups -OCH3 is 1. The zero-order valence-electron chi connectivity index (χ0n) is 11.3. The minimum Gasteiger partial charge on any atom is -0.393 e. The van der Waals surface area contributed by atoms with Crippen LogP contribution >= 0.6 is 12.2 Å². The molecular formula is C14H20N2O2S. The fraction of sp³-hybridized carbons (Fsp3) is 0.429. The number of nitrogens with one attached hydrogen (secondary N) is 1. The lowest BCUT2D eigenvalue weighted by Crippen LogP contribution is -2.40. The van der Waals surface area contributed by atoms with Crippen molar-refractivity contribution < 1.29 is 9.53 Å². The minimum atomic E-state index is -0.610. The van der Waals surface area contributed by atoms with Gasteiger partial charge in [0.05, 0.1) is 4.99 Å². The van der Waals surface area contributed by atoms with Gasteiger partial charge in [-0.2, -0.15) is 0 Å². The lowest BCUT2D eigenvalue weighted by Gasteiger charge is -2.21. The number of ether oxygens (including phenoxy) is 1. The SMILES string of the molecule is CCC(CC(N)=S)NC(=O)C(OC)c1ccccc1. The second-order valence-electron chi connectivity index (χ2n) is 4.31. The number of thiocarbonyl (C=S) groups is 1. The first-order valence-electron chi connectivity index (χ1n) is 6.24. The summed E-state index contributed by atoms with van der Waals surface area (Å²) >= 11 is 4.87. The van der Waals surface area contributed by atoms with Crippen LogP contribution in [-0.2, 0) is 9.53 Å². The maximum absolute atomic E-state index is 12.2. The van der Waals surface area contributed by atoms with Gasteiger partial charge >= 0.3 is 0 Å². The van der Waals surface area contributed by atoms with Crippen LogP contribution in [0.4, 0.5) is 0 Å². The number of rotatable bonds is 7. The van der Waals surface area contributed by atoms with Crippen molar-refractivity contribution in [2.24, 2.45) is 5.73 Å². The van der Waals surface area contributed by atoms with Crippen LogP contribution in [0.25, 0.3) is 0 Å². The summed E-state index contributed by atoms with van der Waals surface area (Å²) in [5, 5.41) is 2.92. The van der Waals surface area contributed by atoms with E-state index in [0.29, 0.717) is 11.4 Å². The van der Waals surface area contributed by atoms with Crippen molar-refractivity contribution in [2.45, 2.75) is 31.9 Å². The lowest BCUT2D eigenvalue weighted by molar-refractivity contribution is -0.132. The van der Waals surface area contributed by atoms with Crippen molar-refractivity contribution in [2.75, 3.05) is 7.11 Å². The predicted molar refractivity (Wildman–Crippen MR) is 79.8 cm³/mol. The average molecular weight is 280 g/mol. The molecule has 0 aliphatic heterocycles. The first-order valence-corrected chi connectivity index (χ1v) is 6.65. The molecule has 0 aliphatic carbocycles. The van der Waals surface area contributed by atoms with E-state index >= 15 is 0 Å². The van der Waals surface area contributed by atoms with Gasteiger partial charge in [0, 0.05) is 19.6 Å². The minimum absolute atomic E-state index is 0.0497. The molecule has 0 fully saturated rings. The summed E-state index contributed by atoms with van der Waals surface area (Å²) < 4.78 is 5.27. The van der Waals surface area contributed by atoms with E-state index < -0.39 is 6.10 Å². The van der Waals surface area contributed by atoms with Crippen LogP contribution in [0.2, 0.25) is 0 Å². The van der Waals surface area contributed by atoms with Crippen LogP contribution in [0.3, 0.4) is 0 Å². The number of carbonyl (C=O) groups is 1. The highest BCUT2D eigenvalue weighted by Gasteiger charge is 2.22. The van der Waals surface area contributed by atoms with Crippen LogP contribution in [0.15, 0.2) is 30.3 Å². The van der Waals surface area contributed by atoms with E-state index in [-0.39, 0.29) is 11.9 Å². The van der Waals surface area contributed by atoms with Gasteiger partial charge in [-0.1, -0.05) is 49.5 Å². The molecule has 104 valence electrons. The third-order valence-electron chi connectivity index (χ3n) is 2.86. The summed E-state index contributed by atoms with van der Waals surface area (Å²) in [6, 6.07) is 9.33. The molecule has 0 bridgehead atoms. The Hall–Kier alpha value is -1.46. The summed E-state index contributed by atoms with van der Waals surface area (Å²) in [6.07, 6.45) is 0.665. The number of nitrogens with two attached hydrogens (primary N) is 1. The molecule has 19 heavy (non-hydrogen) atoms. The Labute approximate surface area is 119 Å². The number of amides is 1. The second-order valence-corrected chi connectivity index (χ2v) is 4.84. The fourth-order valence-electron chi connectivity index (χ4n) is 1.84. The number of carbonyl (C=O) groups excluding carboxylic acids is 1. The van der Waals surface area contributed by atoms with E-state index in [1.54, 1.807) is 0 Å². The lowest BCUT2D eigenvalue weighted by atomic mass is 10.1. The Morgan fingerprint density at radius 1 is 1.42 bits per heavy atom. The standard InChI is InChI=1S/C14H20N2O2S/c1-3-11(9-12(15)19)16-14(17)13(18-2)10-7-5-4-6-8-10/h4-8,11,13H,3,9H2,1-2H3,(H2,15,19)(H,16,17). The van der Waals surface area contributed by atoms with Crippen molar-refractivity contribution >= 4 is 23.1 Å². The highest BCUT2D eigenvalue weighted by atomic mass is 32.1. The first-order chi connectivity index (χ1) is 9.08. The summed E-state index contributed by atoms with van der Waals surface area (Å²) in [7, 11) is 1.52. The third kappa shape index (κ3) is 4.96. The smallest absolute Gasteiger partial charge is 0.253 e. The molecule has 3 N–H and O–H groups in total. The van der Waals surface area contributed by atoms with Gasteiger partial charge in [-0.05, 0) is 12.0 Å². The molecule has 2 atom stereocenters. The molecular weight excluding hydrogens is 260 g/mol. The third-order valence-corrected chi connectivity index (χ3v) is 3.03. The molecule has 1 aromatic rings. The van der Waals surface area contributed by atoms with Gasteiger partial charge in [-0.3, -0.25) is 4.79 Å². The van der Waals surface area contributed by atoms with Crippen molar-refractivity contribution in [3.8, 4) is 0 Å². The molecule has 0 spiro atoms. The van der Waals surface area contributed by atoms with Gasteiger partial charge in [-0.15, -0.1) is 0 Å². The van der Waals surface area contributed by atoms with Crippen LogP contribution in [0.5, 0.6) is 0 Å². The molecule has 0 saturated heterocycles. The number of hydrogen-bond acceptors (Lipinski definition) is 3. The van der Waals surface area contributed by atoms with Gasteiger partial charge in [0.1, 0.15) is 0 Å². The van der Waals surface area contributed by atoms with Crippen LogP contribution in [-0.4, -0.2) is 24.0 Å². The molecule has 0 radical (unpaired) electrons. The molecule has 0 aromatic heterocycles. The molecule has 1 amide bonds. The highest BCUT2D eigenvalue weighted by Crippen LogP contribution is 2.16. The summed E-state index contributed by atoms with van der Waals surface area (Å²) in [5.74, 6) is -0.170. The van der Waals surface area contributed by atoms with Crippen molar-refractivity contribution in [3.05, 3.63) is 35.9 Å². The van der Waals surface area contributed by atoms with Crippen LogP contribution in [0, 0.1) is 0 Å². The van der Waals surface area contributed by atoms with E-state index in [1.807, 2.05) is 37.3 Å². The molecule has 0 aliphatic rings. The van der Waals surface area contributed by atoms with Gasteiger partial charge in [-0.25, -0.2) is 0 Å². The molecule has 1 rings (SSSR count). The summed E-state index contributed by atoms with van der Waals surface area (Å²) in [5.41, 5.74) is 6.34. The van der Waals surface area contributed by atoms with Crippen LogP contribution < -0.4 is 11.1 Å². The van der Waals surface area contributed by atoms with E-state index in [1.165, 1.54) is 7.11 Å². The second kappa shape index (κ2) is 7.86. The number of hydrogen-bond donors (Lipinski definition) is 2. The predicted octanol–water partition coefficient (Wildman–Crippen LogP) is 1.95. The Kier molecular flexibility index (Phi) is 6.45. The molecule has 1 aromatic carbocycles. The Morgan fingerprint density at radius 2 is 2.05 bits per heavy atom. The zero-order valence-corrected chi connectivity index (χ0v) is 12.1. The van der Waals surface area contributed by atoms with E-state index in [0.717, 1.165) is 12.0 Å². The van der Waals surface area contributed by atoms with Crippen molar-refractivity contribution in [1.82, 2.24) is 5.32 Å². The summed E-state index contributed by atoms with van der Waals surface area (Å²) in [6.45, 7) is 1.98. The Morgan fingerprint density at radius 3 is 2.53 bits per heavy atom. The zero-order chi connectivity index (χ0) is 14.3. The van der Waals surface area contributed by atoms with Crippen molar-refractivity contribution in [1.29, 1.82) is 0 Å². The maximum atomic E-state index is 12.2. The first kappa shape index (κ1) is 15.6. The van der Waals surface area contributed by atoms with Gasteiger partial charge in [0.15, 0.2) is 6.10 Å². The molecule has 5 heteroatoms. The normalized spacial score (nSPS) is 13.6. The van der Waals surface area contributed by atoms with Crippen molar-refractivity contribution in [3.63, 3.8) is 0 Å². The molecule has 0 saturated carbocycles. The van der Waals surface area contributed by atoms with E-state index in [9.17, 15) is 4.79 Å². The maximum Gasteiger partial charge on any atom is 0.253 e. The van der Waals surface area contributed by atoms with Crippen LogP contribution in [0.1, 0.15) is 31.4 Å². The largest absolute Gasteiger partial charge is 0.393 e. The summed E-state index contributed by atoms with van der Waals surface area (Å²) in [4.78, 5) is 12.6. The topological polar surface area (TPSA) is 64.3 Å². The monoisotopic (exact) mass is 280 g/mol. The quantitative estimate of drug-likeness (QED) is 0.749. The fourth-order valence-corrected chi connectivity index (χ4v) is 2.04. The molecule has 2 unspecified atom stereocenters.